The minimum absolute atomic E-state index is 0.0366. The van der Waals surface area contributed by atoms with Gasteiger partial charge in [-0.25, -0.2) is 0 Å². The molecular weight excluding hydrogens is 311 g/mol. The number of carbonyl (C=O) groups is 1. The highest BCUT2D eigenvalue weighted by molar-refractivity contribution is 6.42. The van der Waals surface area contributed by atoms with E-state index >= 15 is 0 Å². The molecule has 0 spiro atoms. The maximum absolute atomic E-state index is 12.3. The molecule has 1 amide bonds. The molecule has 0 aliphatic heterocycles. The summed E-state index contributed by atoms with van der Waals surface area (Å²) in [4.78, 5) is 12.3. The first kappa shape index (κ1) is 14.4. The van der Waals surface area contributed by atoms with Crippen molar-refractivity contribution in [2.24, 2.45) is 5.92 Å². The van der Waals surface area contributed by atoms with Crippen LogP contribution in [0.3, 0.4) is 0 Å². The number of carbonyl (C=O) groups excluding carboxylic acids is 1. The van der Waals surface area contributed by atoms with Crippen LogP contribution in [0.1, 0.15) is 29.4 Å². The van der Waals surface area contributed by atoms with Crippen LogP contribution in [-0.4, -0.2) is 11.1 Å². The Balaban J connectivity index is 1.73. The van der Waals surface area contributed by atoms with Gasteiger partial charge in [0, 0.05) is 5.92 Å². The third-order valence-electron chi connectivity index (χ3n) is 3.79. The van der Waals surface area contributed by atoms with Crippen LogP contribution in [0.15, 0.2) is 22.7 Å². The molecule has 0 saturated heterocycles. The summed E-state index contributed by atoms with van der Waals surface area (Å²) in [6.07, 6.45) is 0.773. The highest BCUT2D eigenvalue weighted by atomic mass is 35.5. The molecule has 1 N–H and O–H groups in total. The van der Waals surface area contributed by atoms with Crippen molar-refractivity contribution >= 4 is 34.8 Å². The summed E-state index contributed by atoms with van der Waals surface area (Å²) in [7, 11) is 0. The highest BCUT2D eigenvalue weighted by Gasteiger charge is 2.45. The molecule has 2 atom stereocenters. The van der Waals surface area contributed by atoms with Crippen LogP contribution < -0.4 is 5.32 Å². The summed E-state index contributed by atoms with van der Waals surface area (Å²) in [5.41, 5.74) is 2.27. The van der Waals surface area contributed by atoms with Crippen LogP contribution in [0, 0.1) is 19.8 Å². The van der Waals surface area contributed by atoms with Crippen molar-refractivity contribution in [1.29, 1.82) is 0 Å². The van der Waals surface area contributed by atoms with E-state index in [4.69, 9.17) is 27.7 Å². The summed E-state index contributed by atoms with van der Waals surface area (Å²) < 4.78 is 5.04. The van der Waals surface area contributed by atoms with Gasteiger partial charge in [0.05, 0.1) is 10.0 Å². The zero-order valence-corrected chi connectivity index (χ0v) is 13.1. The van der Waals surface area contributed by atoms with Crippen LogP contribution in [0.25, 0.3) is 0 Å². The van der Waals surface area contributed by atoms with E-state index in [9.17, 15) is 4.79 Å². The van der Waals surface area contributed by atoms with E-state index in [1.54, 1.807) is 19.9 Å². The molecule has 1 aromatic carbocycles. The van der Waals surface area contributed by atoms with Gasteiger partial charge in [-0.15, -0.1) is 0 Å². The zero-order valence-electron chi connectivity index (χ0n) is 11.6. The molecule has 1 saturated carbocycles. The normalized spacial score (nSPS) is 20.4. The molecule has 0 bridgehead atoms. The lowest BCUT2D eigenvalue weighted by atomic mass is 10.1. The topological polar surface area (TPSA) is 55.1 Å². The molecule has 3 rings (SSSR count). The van der Waals surface area contributed by atoms with Crippen LogP contribution >= 0.6 is 23.2 Å². The van der Waals surface area contributed by atoms with Crippen molar-refractivity contribution in [2.75, 3.05) is 5.32 Å². The largest absolute Gasteiger partial charge is 0.359 e. The van der Waals surface area contributed by atoms with Crippen molar-refractivity contribution in [3.8, 4) is 0 Å². The number of aromatic nitrogens is 1. The second kappa shape index (κ2) is 5.35. The lowest BCUT2D eigenvalue weighted by molar-refractivity contribution is -0.117. The van der Waals surface area contributed by atoms with Gasteiger partial charge in [-0.05, 0) is 37.8 Å². The number of hydrogen-bond acceptors (Lipinski definition) is 3. The highest BCUT2D eigenvalue weighted by Crippen LogP contribution is 2.51. The summed E-state index contributed by atoms with van der Waals surface area (Å²) in [6.45, 7) is 3.57. The summed E-state index contributed by atoms with van der Waals surface area (Å²) in [5, 5.41) is 7.76. The van der Waals surface area contributed by atoms with Gasteiger partial charge >= 0.3 is 0 Å². The summed E-state index contributed by atoms with van der Waals surface area (Å²) in [6, 6.07) is 5.52. The number of nitrogens with one attached hydrogen (secondary N) is 1. The maximum atomic E-state index is 12.3. The fourth-order valence-corrected chi connectivity index (χ4v) is 2.96. The van der Waals surface area contributed by atoms with E-state index in [1.165, 1.54) is 0 Å². The van der Waals surface area contributed by atoms with Crippen molar-refractivity contribution in [3.63, 3.8) is 0 Å². The van der Waals surface area contributed by atoms with Gasteiger partial charge in [0.2, 0.25) is 5.91 Å². The smallest absolute Gasteiger partial charge is 0.228 e. The number of aryl methyl sites for hydroxylation is 2. The van der Waals surface area contributed by atoms with Gasteiger partial charge < -0.3 is 9.84 Å². The van der Waals surface area contributed by atoms with E-state index in [1.807, 2.05) is 12.1 Å². The Hall–Kier alpha value is -1.52. The third-order valence-corrected chi connectivity index (χ3v) is 4.62. The number of rotatable bonds is 3. The number of anilines is 1. The lowest BCUT2D eigenvalue weighted by Gasteiger charge is -2.06. The molecule has 0 unspecified atom stereocenters. The molecule has 0 radical (unpaired) electrons. The average Bonchev–Trinajstić information content (AvgIpc) is 3.19. The van der Waals surface area contributed by atoms with E-state index in [0.717, 1.165) is 12.0 Å². The molecule has 1 fully saturated rings. The van der Waals surface area contributed by atoms with Crippen LogP contribution in [0.4, 0.5) is 5.69 Å². The number of benzene rings is 1. The van der Waals surface area contributed by atoms with E-state index in [-0.39, 0.29) is 17.7 Å². The number of hydrogen-bond donors (Lipinski definition) is 1. The minimum Gasteiger partial charge on any atom is -0.359 e. The Labute approximate surface area is 132 Å². The van der Waals surface area contributed by atoms with Gasteiger partial charge in [0.25, 0.3) is 0 Å². The van der Waals surface area contributed by atoms with Gasteiger partial charge in [0.1, 0.15) is 11.4 Å². The van der Waals surface area contributed by atoms with Crippen molar-refractivity contribution in [2.45, 2.75) is 26.2 Å². The number of nitrogens with zero attached hydrogens (tertiary/aromatic N) is 1. The fraction of sp³-hybridized carbons (Fsp3) is 0.333. The number of halogens is 2. The predicted molar refractivity (Wildman–Crippen MR) is 81.9 cm³/mol. The van der Waals surface area contributed by atoms with Crippen LogP contribution in [-0.2, 0) is 4.79 Å². The average molecular weight is 325 g/mol. The maximum Gasteiger partial charge on any atom is 0.228 e. The molecule has 110 valence electrons. The number of amides is 1. The van der Waals surface area contributed by atoms with Crippen LogP contribution in [0.2, 0.25) is 10.0 Å². The molecule has 1 aliphatic rings. The first-order valence-corrected chi connectivity index (χ1v) is 7.42. The Morgan fingerprint density at radius 2 is 2.14 bits per heavy atom. The van der Waals surface area contributed by atoms with Gasteiger partial charge in [-0.3, -0.25) is 4.79 Å². The van der Waals surface area contributed by atoms with E-state index in [2.05, 4.69) is 10.5 Å². The second-order valence-electron chi connectivity index (χ2n) is 5.28. The van der Waals surface area contributed by atoms with Crippen molar-refractivity contribution in [3.05, 3.63) is 45.3 Å². The quantitative estimate of drug-likeness (QED) is 0.913. The second-order valence-corrected chi connectivity index (χ2v) is 6.07. The van der Waals surface area contributed by atoms with E-state index in [0.29, 0.717) is 27.2 Å². The minimum atomic E-state index is -0.0883. The first-order chi connectivity index (χ1) is 9.99. The monoisotopic (exact) mass is 324 g/mol. The Kier molecular flexibility index (Phi) is 3.68. The molecule has 21 heavy (non-hydrogen) atoms. The molecule has 1 heterocycles. The predicted octanol–water partition coefficient (Wildman–Crippen LogP) is 4.34. The SMILES string of the molecule is Cc1noc(C)c1NC(=O)[C@@H]1C[C@H]1c1cccc(Cl)c1Cl. The Morgan fingerprint density at radius 3 is 2.81 bits per heavy atom. The summed E-state index contributed by atoms with van der Waals surface area (Å²) >= 11 is 12.2. The lowest BCUT2D eigenvalue weighted by Crippen LogP contribution is -2.15. The van der Waals surface area contributed by atoms with Crippen molar-refractivity contribution < 1.29 is 9.32 Å². The van der Waals surface area contributed by atoms with Crippen molar-refractivity contribution in [1.82, 2.24) is 5.16 Å². The van der Waals surface area contributed by atoms with Gasteiger partial charge in [0.15, 0.2) is 5.76 Å². The Morgan fingerprint density at radius 1 is 1.38 bits per heavy atom. The Bertz CT molecular complexity index is 692. The molecule has 4 nitrogen and oxygen atoms in total. The molecule has 1 aromatic heterocycles. The summed E-state index contributed by atoms with van der Waals surface area (Å²) in [5.74, 6) is 0.607. The first-order valence-electron chi connectivity index (χ1n) is 6.66. The molecule has 6 heteroatoms. The fourth-order valence-electron chi connectivity index (χ4n) is 2.51. The molecular formula is C15H14Cl2N2O2. The molecule has 2 aromatic rings. The van der Waals surface area contributed by atoms with Gasteiger partial charge in [-0.1, -0.05) is 40.5 Å². The molecule has 1 aliphatic carbocycles. The standard InChI is InChI=1S/C15H14Cl2N2O2/c1-7-14(8(2)21-19-7)18-15(20)11-6-10(11)9-4-3-5-12(16)13(9)17/h3-5,10-11H,6H2,1-2H3,(H,18,20)/t10-,11+/m0/s1. The zero-order chi connectivity index (χ0) is 15.1. The van der Waals surface area contributed by atoms with E-state index < -0.39 is 0 Å². The third kappa shape index (κ3) is 2.65. The van der Waals surface area contributed by atoms with Crippen LogP contribution in [0.5, 0.6) is 0 Å². The van der Waals surface area contributed by atoms with Gasteiger partial charge in [-0.2, -0.15) is 0 Å².